The van der Waals surface area contributed by atoms with Crippen LogP contribution in [0.5, 0.6) is 0 Å². The molecule has 0 aliphatic heterocycles. The van der Waals surface area contributed by atoms with E-state index in [1.807, 2.05) is 48.5 Å². The standard InChI is InChI=1S/C33H37N3O7/c1-20(2)30(36-33(41)43-19-27-25-10-6-4-8-23(25)24-9-5-7-11-26(24)27)32(40)35-28(16-17-29(38)42-3)31(39)34-22-14-12-21(18-37)13-15-22/h4-15,20,27-28,30,37H,16-19H2,1-3H3,(H,34,39)(H,35,40)(H,36,41)/t28-,30-/m0/s1. The summed E-state index contributed by atoms with van der Waals surface area (Å²) in [6.07, 6.45) is -0.880. The van der Waals surface area contributed by atoms with Crippen LogP contribution in [0, 0.1) is 5.92 Å². The number of alkyl carbamates (subject to hydrolysis) is 1. The highest BCUT2D eigenvalue weighted by Crippen LogP contribution is 2.44. The van der Waals surface area contributed by atoms with Crippen molar-refractivity contribution >= 4 is 29.6 Å². The molecule has 226 valence electrons. The Balaban J connectivity index is 1.41. The average Bonchev–Trinajstić information content (AvgIpc) is 3.34. The fourth-order valence-corrected chi connectivity index (χ4v) is 5.12. The van der Waals surface area contributed by atoms with E-state index in [0.29, 0.717) is 11.3 Å². The molecule has 0 saturated carbocycles. The van der Waals surface area contributed by atoms with Crippen molar-refractivity contribution in [2.24, 2.45) is 5.92 Å². The summed E-state index contributed by atoms with van der Waals surface area (Å²) < 4.78 is 10.3. The van der Waals surface area contributed by atoms with Crippen LogP contribution < -0.4 is 16.0 Å². The van der Waals surface area contributed by atoms with E-state index in [2.05, 4.69) is 16.0 Å². The lowest BCUT2D eigenvalue weighted by atomic mass is 9.98. The molecular formula is C33H37N3O7. The van der Waals surface area contributed by atoms with Crippen molar-refractivity contribution in [2.75, 3.05) is 19.0 Å². The van der Waals surface area contributed by atoms with Gasteiger partial charge in [0.1, 0.15) is 18.7 Å². The number of hydrogen-bond acceptors (Lipinski definition) is 7. The normalized spacial score (nSPS) is 13.3. The zero-order valence-electron chi connectivity index (χ0n) is 24.5. The number of fused-ring (bicyclic) bond motifs is 3. The zero-order valence-corrected chi connectivity index (χ0v) is 24.5. The Morgan fingerprint density at radius 1 is 0.837 bits per heavy atom. The summed E-state index contributed by atoms with van der Waals surface area (Å²) in [5.41, 5.74) is 5.48. The molecule has 0 spiro atoms. The van der Waals surface area contributed by atoms with E-state index in [4.69, 9.17) is 9.47 Å². The molecule has 0 saturated heterocycles. The van der Waals surface area contributed by atoms with E-state index in [0.717, 1.165) is 22.3 Å². The third-order valence-electron chi connectivity index (χ3n) is 7.47. The van der Waals surface area contributed by atoms with E-state index >= 15 is 0 Å². The van der Waals surface area contributed by atoms with E-state index < -0.39 is 36.0 Å². The van der Waals surface area contributed by atoms with E-state index in [-0.39, 0.29) is 37.9 Å². The van der Waals surface area contributed by atoms with Gasteiger partial charge >= 0.3 is 12.1 Å². The van der Waals surface area contributed by atoms with Crippen LogP contribution in [0.3, 0.4) is 0 Å². The molecule has 4 rings (SSSR count). The molecule has 0 radical (unpaired) electrons. The maximum absolute atomic E-state index is 13.4. The molecule has 0 heterocycles. The number of carbonyl (C=O) groups excluding carboxylic acids is 4. The van der Waals surface area contributed by atoms with Gasteiger partial charge in [0.25, 0.3) is 0 Å². The molecule has 0 unspecified atom stereocenters. The van der Waals surface area contributed by atoms with Gasteiger partial charge in [-0.15, -0.1) is 0 Å². The molecule has 1 aliphatic rings. The van der Waals surface area contributed by atoms with Crippen molar-refractivity contribution in [2.45, 2.75) is 51.3 Å². The Morgan fingerprint density at radius 2 is 1.44 bits per heavy atom. The van der Waals surface area contributed by atoms with E-state index in [9.17, 15) is 24.3 Å². The van der Waals surface area contributed by atoms with Crippen molar-refractivity contribution < 1.29 is 33.8 Å². The van der Waals surface area contributed by atoms with Gasteiger partial charge in [-0.1, -0.05) is 74.5 Å². The van der Waals surface area contributed by atoms with Gasteiger partial charge in [-0.3, -0.25) is 14.4 Å². The first kappa shape index (κ1) is 31.2. The van der Waals surface area contributed by atoms with Gasteiger partial charge < -0.3 is 30.5 Å². The van der Waals surface area contributed by atoms with Crippen molar-refractivity contribution in [3.05, 3.63) is 89.5 Å². The number of aliphatic hydroxyl groups excluding tert-OH is 1. The second kappa shape index (κ2) is 14.5. The number of ether oxygens (including phenoxy) is 2. The highest BCUT2D eigenvalue weighted by atomic mass is 16.5. The number of hydrogen-bond donors (Lipinski definition) is 4. The Hall–Kier alpha value is -4.70. The quantitative estimate of drug-likeness (QED) is 0.234. The first-order valence-corrected chi connectivity index (χ1v) is 14.2. The number of methoxy groups -OCH3 is 1. The molecule has 0 fully saturated rings. The van der Waals surface area contributed by atoms with Crippen LogP contribution in [0.1, 0.15) is 49.3 Å². The number of esters is 1. The Bertz CT molecular complexity index is 1410. The van der Waals surface area contributed by atoms with Gasteiger partial charge in [0.05, 0.1) is 13.7 Å². The molecule has 0 bridgehead atoms. The molecule has 43 heavy (non-hydrogen) atoms. The first-order chi connectivity index (χ1) is 20.7. The molecule has 0 aromatic heterocycles. The largest absolute Gasteiger partial charge is 0.469 e. The lowest BCUT2D eigenvalue weighted by Gasteiger charge is -2.25. The van der Waals surface area contributed by atoms with Crippen LogP contribution in [-0.2, 0) is 30.5 Å². The number of rotatable bonds is 12. The number of anilines is 1. The van der Waals surface area contributed by atoms with Gasteiger partial charge in [-0.2, -0.15) is 0 Å². The molecule has 3 amide bonds. The van der Waals surface area contributed by atoms with Crippen molar-refractivity contribution in [1.29, 1.82) is 0 Å². The van der Waals surface area contributed by atoms with Crippen LogP contribution in [-0.4, -0.2) is 54.8 Å². The topological polar surface area (TPSA) is 143 Å². The Morgan fingerprint density at radius 3 is 2.00 bits per heavy atom. The lowest BCUT2D eigenvalue weighted by molar-refractivity contribution is -0.141. The molecule has 1 aliphatic carbocycles. The average molecular weight is 588 g/mol. The zero-order chi connectivity index (χ0) is 30.9. The van der Waals surface area contributed by atoms with Crippen LogP contribution >= 0.6 is 0 Å². The minimum Gasteiger partial charge on any atom is -0.469 e. The first-order valence-electron chi connectivity index (χ1n) is 14.2. The van der Waals surface area contributed by atoms with Gasteiger partial charge in [0.15, 0.2) is 0 Å². The van der Waals surface area contributed by atoms with Crippen LogP contribution in [0.15, 0.2) is 72.8 Å². The Kier molecular flexibility index (Phi) is 10.5. The van der Waals surface area contributed by atoms with Gasteiger partial charge in [-0.25, -0.2) is 4.79 Å². The maximum atomic E-state index is 13.4. The summed E-state index contributed by atoms with van der Waals surface area (Å²) in [5, 5.41) is 17.3. The van der Waals surface area contributed by atoms with Crippen molar-refractivity contribution in [3.8, 4) is 11.1 Å². The molecule has 3 aromatic carbocycles. The second-order valence-corrected chi connectivity index (χ2v) is 10.7. The summed E-state index contributed by atoms with van der Waals surface area (Å²) in [6.45, 7) is 3.48. The SMILES string of the molecule is COC(=O)CC[C@H](NC(=O)[C@@H](NC(=O)OCC1c2ccccc2-c2ccccc21)C(C)C)C(=O)Nc1ccc(CO)cc1. The minimum atomic E-state index is -1.09. The minimum absolute atomic E-state index is 0.0191. The summed E-state index contributed by atoms with van der Waals surface area (Å²) in [5.74, 6) is -2.14. The fourth-order valence-electron chi connectivity index (χ4n) is 5.12. The molecular weight excluding hydrogens is 550 g/mol. The third-order valence-corrected chi connectivity index (χ3v) is 7.47. The predicted octanol–water partition coefficient (Wildman–Crippen LogP) is 4.12. The van der Waals surface area contributed by atoms with Gasteiger partial charge in [0.2, 0.25) is 11.8 Å². The molecule has 10 heteroatoms. The highest BCUT2D eigenvalue weighted by Gasteiger charge is 2.32. The van der Waals surface area contributed by atoms with Gasteiger partial charge in [-0.05, 0) is 52.3 Å². The number of carbonyl (C=O) groups is 4. The molecule has 4 N–H and O–H groups in total. The smallest absolute Gasteiger partial charge is 0.407 e. The second-order valence-electron chi connectivity index (χ2n) is 10.7. The van der Waals surface area contributed by atoms with E-state index in [1.54, 1.807) is 38.1 Å². The summed E-state index contributed by atoms with van der Waals surface area (Å²) in [4.78, 5) is 51.2. The van der Waals surface area contributed by atoms with Crippen molar-refractivity contribution in [1.82, 2.24) is 10.6 Å². The van der Waals surface area contributed by atoms with Crippen LogP contribution in [0.2, 0.25) is 0 Å². The highest BCUT2D eigenvalue weighted by molar-refractivity contribution is 5.98. The molecule has 2 atom stereocenters. The van der Waals surface area contributed by atoms with Crippen LogP contribution in [0.25, 0.3) is 11.1 Å². The van der Waals surface area contributed by atoms with Gasteiger partial charge in [0, 0.05) is 18.0 Å². The molecule has 10 nitrogen and oxygen atoms in total. The number of benzene rings is 3. The lowest BCUT2D eigenvalue weighted by Crippen LogP contribution is -2.54. The number of aliphatic hydroxyl groups is 1. The summed E-state index contributed by atoms with van der Waals surface area (Å²) in [6, 6.07) is 20.5. The van der Waals surface area contributed by atoms with E-state index in [1.165, 1.54) is 7.11 Å². The third kappa shape index (κ3) is 7.78. The monoisotopic (exact) mass is 587 g/mol. The number of nitrogens with one attached hydrogen (secondary N) is 3. The maximum Gasteiger partial charge on any atom is 0.407 e. The number of amides is 3. The fraction of sp³-hybridized carbons (Fsp3) is 0.333. The molecule has 3 aromatic rings. The predicted molar refractivity (Wildman–Crippen MR) is 161 cm³/mol. The van der Waals surface area contributed by atoms with Crippen LogP contribution in [0.4, 0.5) is 10.5 Å². The Labute approximate surface area is 250 Å². The summed E-state index contributed by atoms with van der Waals surface area (Å²) in [7, 11) is 1.24. The van der Waals surface area contributed by atoms with Crippen molar-refractivity contribution in [3.63, 3.8) is 0 Å². The summed E-state index contributed by atoms with van der Waals surface area (Å²) >= 11 is 0.